The van der Waals surface area contributed by atoms with E-state index < -0.39 is 8.32 Å². The van der Waals surface area contributed by atoms with Crippen molar-refractivity contribution >= 4 is 8.32 Å². The zero-order valence-electron chi connectivity index (χ0n) is 13.8. The molecule has 0 saturated heterocycles. The summed E-state index contributed by atoms with van der Waals surface area (Å²) < 4.78 is 6.62. The van der Waals surface area contributed by atoms with Crippen molar-refractivity contribution in [3.8, 4) is 0 Å². The lowest BCUT2D eigenvalue weighted by Crippen LogP contribution is -2.44. The third kappa shape index (κ3) is 2.94. The van der Waals surface area contributed by atoms with E-state index in [0.29, 0.717) is 11.0 Å². The average Bonchev–Trinajstić information content (AvgIpc) is 2.69. The molecule has 0 spiro atoms. The standard InChI is InChI=1S/C17H32OSi/c1-13(2)17(3,4)19(5,6)18-16-11-14-9-7-8-10-15(14)12-16/h11,13-15H,7-10,12H2,1-6H3. The van der Waals surface area contributed by atoms with Crippen LogP contribution in [-0.4, -0.2) is 8.32 Å². The third-order valence-electron chi connectivity index (χ3n) is 6.21. The van der Waals surface area contributed by atoms with Gasteiger partial charge in [-0.1, -0.05) is 40.5 Å². The summed E-state index contributed by atoms with van der Waals surface area (Å²) in [6.45, 7) is 14.3. The largest absolute Gasteiger partial charge is 0.547 e. The highest BCUT2D eigenvalue weighted by Crippen LogP contribution is 2.48. The van der Waals surface area contributed by atoms with Crippen molar-refractivity contribution in [1.82, 2.24) is 0 Å². The molecule has 1 fully saturated rings. The van der Waals surface area contributed by atoms with Gasteiger partial charge in [-0.15, -0.1) is 0 Å². The van der Waals surface area contributed by atoms with Gasteiger partial charge in [-0.05, 0) is 54.8 Å². The Morgan fingerprint density at radius 3 is 2.42 bits per heavy atom. The van der Waals surface area contributed by atoms with E-state index in [1.807, 2.05) is 0 Å². The molecule has 2 aliphatic carbocycles. The monoisotopic (exact) mass is 280 g/mol. The van der Waals surface area contributed by atoms with Gasteiger partial charge in [0.05, 0.1) is 5.76 Å². The van der Waals surface area contributed by atoms with Crippen molar-refractivity contribution < 1.29 is 4.43 Å². The highest BCUT2D eigenvalue weighted by atomic mass is 28.4. The van der Waals surface area contributed by atoms with E-state index in [0.717, 1.165) is 11.8 Å². The highest BCUT2D eigenvalue weighted by Gasteiger charge is 2.46. The van der Waals surface area contributed by atoms with Crippen LogP contribution in [0, 0.1) is 17.8 Å². The van der Waals surface area contributed by atoms with Crippen molar-refractivity contribution in [3.05, 3.63) is 11.8 Å². The maximum absolute atomic E-state index is 6.62. The topological polar surface area (TPSA) is 9.23 Å². The average molecular weight is 281 g/mol. The highest BCUT2D eigenvalue weighted by molar-refractivity contribution is 6.74. The molecule has 0 aromatic heterocycles. The van der Waals surface area contributed by atoms with Gasteiger partial charge >= 0.3 is 0 Å². The fourth-order valence-corrected chi connectivity index (χ4v) is 5.96. The number of hydrogen-bond acceptors (Lipinski definition) is 1. The van der Waals surface area contributed by atoms with E-state index in [4.69, 9.17) is 4.43 Å². The van der Waals surface area contributed by atoms with Crippen LogP contribution in [0.4, 0.5) is 0 Å². The van der Waals surface area contributed by atoms with Gasteiger partial charge in [0.15, 0.2) is 0 Å². The van der Waals surface area contributed by atoms with E-state index in [1.54, 1.807) is 0 Å². The molecule has 1 nitrogen and oxygen atoms in total. The van der Waals surface area contributed by atoms with Crippen molar-refractivity contribution in [2.24, 2.45) is 17.8 Å². The van der Waals surface area contributed by atoms with Crippen molar-refractivity contribution in [2.75, 3.05) is 0 Å². The van der Waals surface area contributed by atoms with E-state index in [2.05, 4.69) is 46.9 Å². The molecular weight excluding hydrogens is 248 g/mol. The Hall–Kier alpha value is -0.243. The molecule has 1 saturated carbocycles. The van der Waals surface area contributed by atoms with E-state index in [9.17, 15) is 0 Å². The van der Waals surface area contributed by atoms with Gasteiger partial charge in [0, 0.05) is 6.42 Å². The molecule has 0 radical (unpaired) electrons. The molecule has 2 atom stereocenters. The lowest BCUT2D eigenvalue weighted by atomic mass is 9.82. The third-order valence-corrected chi connectivity index (χ3v) is 10.7. The van der Waals surface area contributed by atoms with Crippen molar-refractivity contribution in [2.45, 2.75) is 77.9 Å². The molecule has 0 bridgehead atoms. The van der Waals surface area contributed by atoms with E-state index >= 15 is 0 Å². The molecule has 0 amide bonds. The van der Waals surface area contributed by atoms with Crippen LogP contribution in [0.15, 0.2) is 11.8 Å². The van der Waals surface area contributed by atoms with Crippen LogP contribution >= 0.6 is 0 Å². The minimum atomic E-state index is -1.69. The summed E-state index contributed by atoms with van der Waals surface area (Å²) in [4.78, 5) is 0. The summed E-state index contributed by atoms with van der Waals surface area (Å²) in [5.41, 5.74) is 0. The summed E-state index contributed by atoms with van der Waals surface area (Å²) >= 11 is 0. The summed E-state index contributed by atoms with van der Waals surface area (Å²) in [6.07, 6.45) is 9.37. The van der Waals surface area contributed by atoms with E-state index in [1.165, 1.54) is 37.9 Å². The molecule has 2 aliphatic rings. The quantitative estimate of drug-likeness (QED) is 0.597. The Labute approximate surface area is 120 Å². The second kappa shape index (κ2) is 5.27. The Balaban J connectivity index is 2.05. The maximum Gasteiger partial charge on any atom is 0.250 e. The zero-order valence-corrected chi connectivity index (χ0v) is 14.8. The predicted molar refractivity (Wildman–Crippen MR) is 85.6 cm³/mol. The fraction of sp³-hybridized carbons (Fsp3) is 0.882. The first-order chi connectivity index (χ1) is 8.74. The maximum atomic E-state index is 6.62. The molecule has 19 heavy (non-hydrogen) atoms. The summed E-state index contributed by atoms with van der Waals surface area (Å²) in [5, 5.41) is 0.321. The predicted octanol–water partition coefficient (Wildman–Crippen LogP) is 5.74. The summed E-state index contributed by atoms with van der Waals surface area (Å²) in [6, 6.07) is 0. The van der Waals surface area contributed by atoms with Gasteiger partial charge in [-0.3, -0.25) is 0 Å². The van der Waals surface area contributed by atoms with Gasteiger partial charge in [0.25, 0.3) is 8.32 Å². The second-order valence-corrected chi connectivity index (χ2v) is 12.5. The zero-order chi connectivity index (χ0) is 14.3. The first-order valence-corrected chi connectivity index (χ1v) is 11.0. The number of hydrogen-bond donors (Lipinski definition) is 0. The molecule has 2 heteroatoms. The Morgan fingerprint density at radius 2 is 1.84 bits per heavy atom. The molecule has 2 unspecified atom stereocenters. The van der Waals surface area contributed by atoms with Crippen LogP contribution in [0.25, 0.3) is 0 Å². The van der Waals surface area contributed by atoms with Gasteiger partial charge in [0.1, 0.15) is 0 Å². The van der Waals surface area contributed by atoms with Crippen LogP contribution < -0.4 is 0 Å². The van der Waals surface area contributed by atoms with Crippen LogP contribution in [0.1, 0.15) is 59.8 Å². The first-order valence-electron chi connectivity index (χ1n) is 8.14. The Kier molecular flexibility index (Phi) is 4.20. The minimum absolute atomic E-state index is 0.321. The van der Waals surface area contributed by atoms with Crippen LogP contribution in [0.5, 0.6) is 0 Å². The van der Waals surface area contributed by atoms with Gasteiger partial charge in [-0.25, -0.2) is 0 Å². The summed E-state index contributed by atoms with van der Waals surface area (Å²) in [7, 11) is -1.69. The Morgan fingerprint density at radius 1 is 1.21 bits per heavy atom. The normalized spacial score (nSPS) is 28.3. The fourth-order valence-electron chi connectivity index (χ4n) is 3.50. The van der Waals surface area contributed by atoms with Crippen LogP contribution in [0.2, 0.25) is 18.1 Å². The van der Waals surface area contributed by atoms with Crippen LogP contribution in [-0.2, 0) is 4.43 Å². The van der Waals surface area contributed by atoms with Gasteiger partial charge in [-0.2, -0.15) is 0 Å². The molecule has 0 N–H and O–H groups in total. The Bertz CT molecular complexity index is 354. The molecule has 0 aromatic carbocycles. The minimum Gasteiger partial charge on any atom is -0.547 e. The molecule has 0 aromatic rings. The number of fused-ring (bicyclic) bond motifs is 1. The van der Waals surface area contributed by atoms with Gasteiger partial charge in [0.2, 0.25) is 0 Å². The molecular formula is C17H32OSi. The molecule has 2 rings (SSSR count). The molecule has 0 aliphatic heterocycles. The smallest absolute Gasteiger partial charge is 0.250 e. The second-order valence-electron chi connectivity index (χ2n) is 8.03. The van der Waals surface area contributed by atoms with Crippen molar-refractivity contribution in [3.63, 3.8) is 0 Å². The first kappa shape index (κ1) is 15.2. The molecule has 110 valence electrons. The summed E-state index contributed by atoms with van der Waals surface area (Å²) in [5.74, 6) is 3.74. The number of allylic oxidation sites excluding steroid dienone is 2. The lowest BCUT2D eigenvalue weighted by molar-refractivity contribution is 0.281. The van der Waals surface area contributed by atoms with E-state index in [-0.39, 0.29) is 0 Å². The van der Waals surface area contributed by atoms with Crippen LogP contribution in [0.3, 0.4) is 0 Å². The number of rotatable bonds is 4. The van der Waals surface area contributed by atoms with Crippen molar-refractivity contribution in [1.29, 1.82) is 0 Å². The van der Waals surface area contributed by atoms with Gasteiger partial charge < -0.3 is 4.43 Å². The molecule has 0 heterocycles. The SMILES string of the molecule is CC(C)C(C)(C)[Si](C)(C)OC1=CC2CCCCC2C1. The lowest BCUT2D eigenvalue weighted by Gasteiger charge is -2.42.